The minimum atomic E-state index is 0.640. The largest absolute Gasteiger partial charge is 0.455 e. The molecule has 0 atom stereocenters. The predicted octanol–water partition coefficient (Wildman–Crippen LogP) is 14.1. The van der Waals surface area contributed by atoms with Gasteiger partial charge < -0.3 is 4.42 Å². The van der Waals surface area contributed by atoms with Crippen LogP contribution in [0, 0.1) is 0 Å². The summed E-state index contributed by atoms with van der Waals surface area (Å²) in [4.78, 5) is 14.6. The van der Waals surface area contributed by atoms with E-state index in [0.717, 1.165) is 66.3 Å². The average Bonchev–Trinajstić information content (AvgIpc) is 3.68. The van der Waals surface area contributed by atoms with E-state index in [-0.39, 0.29) is 0 Å². The number of aromatic nitrogens is 3. The first kappa shape index (κ1) is 32.7. The Kier molecular flexibility index (Phi) is 7.78. The fourth-order valence-electron chi connectivity index (χ4n) is 8.03. The number of para-hydroxylation sites is 1. The van der Waals surface area contributed by atoms with Crippen molar-refractivity contribution in [2.45, 2.75) is 0 Å². The fraction of sp³-hybridized carbons (Fsp3) is 0. The third-order valence-corrected chi connectivity index (χ3v) is 10.9. The lowest BCUT2D eigenvalue weighted by Gasteiger charge is -2.09. The molecule has 9 aromatic carbocycles. The molecule has 2 heterocycles. The number of fused-ring (bicyclic) bond motifs is 6. The van der Waals surface area contributed by atoms with Crippen molar-refractivity contribution in [3.05, 3.63) is 200 Å². The van der Waals surface area contributed by atoms with Crippen molar-refractivity contribution in [2.75, 3.05) is 0 Å². The van der Waals surface area contributed by atoms with E-state index in [1.165, 1.54) is 27.3 Å². The van der Waals surface area contributed by atoms with Gasteiger partial charge in [0.1, 0.15) is 11.2 Å². The van der Waals surface area contributed by atoms with Crippen LogP contribution in [0.2, 0.25) is 0 Å². The van der Waals surface area contributed by atoms with Gasteiger partial charge in [-0.15, -0.1) is 0 Å². The molecule has 0 N–H and O–H groups in total. The Morgan fingerprint density at radius 3 is 1.39 bits per heavy atom. The summed E-state index contributed by atoms with van der Waals surface area (Å²) in [5, 5.41) is 7.00. The second kappa shape index (κ2) is 13.6. The van der Waals surface area contributed by atoms with E-state index in [4.69, 9.17) is 19.4 Å². The first-order valence-electron chi connectivity index (χ1n) is 19.2. The third-order valence-electron chi connectivity index (χ3n) is 10.9. The number of benzene rings is 9. The molecule has 0 bridgehead atoms. The van der Waals surface area contributed by atoms with E-state index in [1.54, 1.807) is 0 Å². The summed E-state index contributed by atoms with van der Waals surface area (Å²) in [5.41, 5.74) is 11.5. The Morgan fingerprint density at radius 1 is 0.263 bits per heavy atom. The maximum Gasteiger partial charge on any atom is 0.164 e. The van der Waals surface area contributed by atoms with Gasteiger partial charge in [0.2, 0.25) is 0 Å². The molecule has 0 saturated carbocycles. The van der Waals surface area contributed by atoms with Gasteiger partial charge in [-0.2, -0.15) is 0 Å². The predicted molar refractivity (Wildman–Crippen MR) is 235 cm³/mol. The summed E-state index contributed by atoms with van der Waals surface area (Å²) in [6.07, 6.45) is 0. The second-order valence-electron chi connectivity index (χ2n) is 14.4. The van der Waals surface area contributed by atoms with Crippen molar-refractivity contribution in [3.63, 3.8) is 0 Å². The standard InChI is InChI=1S/C53H33N3O/c1-3-13-38(14-4-1)51-54-52(39-15-5-2-6-16-39)56-53(55-51)40-29-24-36(25-30-40)35-22-27-37(28-23-35)43-20-11-21-46-48-33-47(42-31-26-34-12-7-8-17-41(34)32-42)44-18-9-10-19-45(44)50(48)57-49(43)46/h1-33H. The van der Waals surface area contributed by atoms with E-state index in [0.29, 0.717) is 17.5 Å². The lowest BCUT2D eigenvalue weighted by atomic mass is 9.93. The summed E-state index contributed by atoms with van der Waals surface area (Å²) in [5.74, 6) is 1.94. The highest BCUT2D eigenvalue weighted by molar-refractivity contribution is 6.21. The van der Waals surface area contributed by atoms with Gasteiger partial charge in [-0.3, -0.25) is 0 Å². The number of nitrogens with zero attached hydrogens (tertiary/aromatic N) is 3. The van der Waals surface area contributed by atoms with Crippen LogP contribution in [0.5, 0.6) is 0 Å². The van der Waals surface area contributed by atoms with Gasteiger partial charge in [0.15, 0.2) is 17.5 Å². The molecular weight excluding hydrogens is 695 g/mol. The molecule has 4 nitrogen and oxygen atoms in total. The highest BCUT2D eigenvalue weighted by Gasteiger charge is 2.18. The van der Waals surface area contributed by atoms with Gasteiger partial charge in [-0.25, -0.2) is 15.0 Å². The average molecular weight is 728 g/mol. The molecule has 0 amide bonds. The molecular formula is C53H33N3O. The molecule has 57 heavy (non-hydrogen) atoms. The van der Waals surface area contributed by atoms with Crippen LogP contribution in [0.3, 0.4) is 0 Å². The van der Waals surface area contributed by atoms with E-state index in [1.807, 2.05) is 60.7 Å². The van der Waals surface area contributed by atoms with Crippen LogP contribution in [0.1, 0.15) is 0 Å². The van der Waals surface area contributed by atoms with Crippen molar-refractivity contribution >= 4 is 43.5 Å². The smallest absolute Gasteiger partial charge is 0.164 e. The van der Waals surface area contributed by atoms with Crippen molar-refractivity contribution in [1.82, 2.24) is 15.0 Å². The number of rotatable bonds is 6. The third kappa shape index (κ3) is 5.83. The van der Waals surface area contributed by atoms with Gasteiger partial charge in [-0.05, 0) is 56.1 Å². The Balaban J connectivity index is 0.944. The topological polar surface area (TPSA) is 51.8 Å². The Morgan fingerprint density at radius 2 is 0.737 bits per heavy atom. The maximum absolute atomic E-state index is 6.84. The molecule has 11 aromatic rings. The van der Waals surface area contributed by atoms with Gasteiger partial charge in [0.25, 0.3) is 0 Å². The Bertz CT molecular complexity index is 3200. The van der Waals surface area contributed by atoms with Crippen LogP contribution in [0.25, 0.3) is 111 Å². The van der Waals surface area contributed by atoms with Gasteiger partial charge in [0, 0.05) is 38.4 Å². The quantitative estimate of drug-likeness (QED) is 0.171. The van der Waals surface area contributed by atoms with E-state index in [2.05, 4.69) is 140 Å². The van der Waals surface area contributed by atoms with Crippen molar-refractivity contribution in [3.8, 4) is 67.5 Å². The zero-order valence-corrected chi connectivity index (χ0v) is 30.8. The summed E-state index contributed by atoms with van der Waals surface area (Å²) in [7, 11) is 0. The van der Waals surface area contributed by atoms with E-state index >= 15 is 0 Å². The van der Waals surface area contributed by atoms with Crippen LogP contribution in [0.4, 0.5) is 0 Å². The van der Waals surface area contributed by atoms with Crippen LogP contribution in [-0.4, -0.2) is 15.0 Å². The molecule has 0 aliphatic rings. The number of hydrogen-bond acceptors (Lipinski definition) is 4. The Labute approximate surface area is 329 Å². The first-order chi connectivity index (χ1) is 28.2. The molecule has 11 rings (SSSR count). The maximum atomic E-state index is 6.84. The first-order valence-corrected chi connectivity index (χ1v) is 19.2. The number of hydrogen-bond donors (Lipinski definition) is 0. The minimum absolute atomic E-state index is 0.640. The molecule has 0 unspecified atom stereocenters. The summed E-state index contributed by atoms with van der Waals surface area (Å²) < 4.78 is 6.84. The SMILES string of the molecule is c1ccc(-c2nc(-c3ccccc3)nc(-c3ccc(-c4ccc(-c5cccc6c5oc5c7ccccc7c(-c7ccc8ccccc8c7)cc65)cc4)cc3)n2)cc1. The lowest BCUT2D eigenvalue weighted by Crippen LogP contribution is -2.00. The second-order valence-corrected chi connectivity index (χ2v) is 14.4. The molecule has 0 spiro atoms. The zero-order valence-electron chi connectivity index (χ0n) is 30.8. The van der Waals surface area contributed by atoms with Gasteiger partial charge in [0.05, 0.1) is 0 Å². The van der Waals surface area contributed by atoms with Crippen molar-refractivity contribution in [1.29, 1.82) is 0 Å². The van der Waals surface area contributed by atoms with Gasteiger partial charge in [-0.1, -0.05) is 188 Å². The van der Waals surface area contributed by atoms with Crippen LogP contribution < -0.4 is 0 Å². The van der Waals surface area contributed by atoms with Crippen LogP contribution >= 0.6 is 0 Å². The highest BCUT2D eigenvalue weighted by atomic mass is 16.3. The Hall–Kier alpha value is -7.69. The molecule has 0 fully saturated rings. The fourth-order valence-corrected chi connectivity index (χ4v) is 8.03. The van der Waals surface area contributed by atoms with E-state index < -0.39 is 0 Å². The highest BCUT2D eigenvalue weighted by Crippen LogP contribution is 2.43. The molecule has 0 saturated heterocycles. The zero-order chi connectivity index (χ0) is 37.7. The van der Waals surface area contributed by atoms with E-state index in [9.17, 15) is 0 Å². The van der Waals surface area contributed by atoms with Gasteiger partial charge >= 0.3 is 0 Å². The molecule has 0 aliphatic heterocycles. The lowest BCUT2D eigenvalue weighted by molar-refractivity contribution is 0.674. The normalized spacial score (nSPS) is 11.5. The van der Waals surface area contributed by atoms with Crippen molar-refractivity contribution < 1.29 is 4.42 Å². The molecule has 0 aliphatic carbocycles. The summed E-state index contributed by atoms with van der Waals surface area (Å²) in [6, 6.07) is 70.0. The monoisotopic (exact) mass is 727 g/mol. The minimum Gasteiger partial charge on any atom is -0.455 e. The molecule has 266 valence electrons. The summed E-state index contributed by atoms with van der Waals surface area (Å²) in [6.45, 7) is 0. The summed E-state index contributed by atoms with van der Waals surface area (Å²) >= 11 is 0. The molecule has 2 aromatic heterocycles. The van der Waals surface area contributed by atoms with Crippen molar-refractivity contribution in [2.24, 2.45) is 0 Å². The van der Waals surface area contributed by atoms with Crippen LogP contribution in [-0.2, 0) is 0 Å². The van der Waals surface area contributed by atoms with Crippen LogP contribution in [0.15, 0.2) is 205 Å². The molecule has 4 heteroatoms. The number of furan rings is 1. The molecule has 0 radical (unpaired) electrons.